The van der Waals surface area contributed by atoms with Crippen LogP contribution in [0.15, 0.2) is 42.5 Å². The number of amides is 1. The third-order valence-electron chi connectivity index (χ3n) is 4.82. The number of hydrogen-bond donors (Lipinski definition) is 1. The molecule has 2 aromatic rings. The van der Waals surface area contributed by atoms with E-state index >= 15 is 0 Å². The third kappa shape index (κ3) is 5.74. The summed E-state index contributed by atoms with van der Waals surface area (Å²) < 4.78 is 0. The van der Waals surface area contributed by atoms with Crippen molar-refractivity contribution >= 4 is 5.91 Å². The first-order valence-electron chi connectivity index (χ1n) is 9.49. The molecular weight excluding hydrogens is 306 g/mol. The molecule has 0 aliphatic rings. The van der Waals surface area contributed by atoms with E-state index in [2.05, 4.69) is 75.5 Å². The van der Waals surface area contributed by atoms with Crippen molar-refractivity contribution in [2.24, 2.45) is 0 Å². The summed E-state index contributed by atoms with van der Waals surface area (Å²) in [7, 11) is 0. The topological polar surface area (TPSA) is 29.1 Å². The van der Waals surface area contributed by atoms with Crippen LogP contribution in [0.4, 0.5) is 0 Å². The Balaban J connectivity index is 1.86. The Morgan fingerprint density at radius 3 is 2.20 bits per heavy atom. The van der Waals surface area contributed by atoms with Gasteiger partial charge in [-0.1, -0.05) is 70.2 Å². The number of hydrogen-bond acceptors (Lipinski definition) is 1. The number of aryl methyl sites for hydroxylation is 3. The molecule has 0 aliphatic carbocycles. The lowest BCUT2D eigenvalue weighted by Gasteiger charge is -2.12. The van der Waals surface area contributed by atoms with Crippen molar-refractivity contribution in [3.8, 4) is 0 Å². The molecule has 0 saturated carbocycles. The zero-order valence-corrected chi connectivity index (χ0v) is 16.1. The number of carbonyl (C=O) groups is 1. The second-order valence-corrected chi connectivity index (χ2v) is 6.98. The zero-order valence-electron chi connectivity index (χ0n) is 16.1. The van der Waals surface area contributed by atoms with Crippen LogP contribution < -0.4 is 5.32 Å². The Kier molecular flexibility index (Phi) is 7.24. The van der Waals surface area contributed by atoms with Gasteiger partial charge in [-0.2, -0.15) is 0 Å². The summed E-state index contributed by atoms with van der Waals surface area (Å²) in [6.07, 6.45) is 3.35. The Labute approximate surface area is 152 Å². The summed E-state index contributed by atoms with van der Waals surface area (Å²) in [5.41, 5.74) is 6.46. The average molecular weight is 338 g/mol. The van der Waals surface area contributed by atoms with Crippen molar-refractivity contribution in [2.75, 3.05) is 0 Å². The van der Waals surface area contributed by atoms with E-state index in [0.29, 0.717) is 18.9 Å². The Morgan fingerprint density at radius 2 is 1.60 bits per heavy atom. The fourth-order valence-electron chi connectivity index (χ4n) is 3.02. The summed E-state index contributed by atoms with van der Waals surface area (Å²) in [6, 6.07) is 15.2. The van der Waals surface area contributed by atoms with E-state index in [-0.39, 0.29) is 5.91 Å². The summed E-state index contributed by atoms with van der Waals surface area (Å²) >= 11 is 0. The van der Waals surface area contributed by atoms with Gasteiger partial charge in [0.05, 0.1) is 0 Å². The quantitative estimate of drug-likeness (QED) is 0.706. The van der Waals surface area contributed by atoms with Gasteiger partial charge in [-0.3, -0.25) is 4.79 Å². The van der Waals surface area contributed by atoms with Gasteiger partial charge >= 0.3 is 0 Å². The Morgan fingerprint density at radius 1 is 0.920 bits per heavy atom. The second-order valence-electron chi connectivity index (χ2n) is 6.98. The minimum Gasteiger partial charge on any atom is -0.352 e. The molecule has 0 saturated heterocycles. The van der Waals surface area contributed by atoms with E-state index in [9.17, 15) is 4.79 Å². The smallest absolute Gasteiger partial charge is 0.220 e. The monoisotopic (exact) mass is 337 g/mol. The van der Waals surface area contributed by atoms with Gasteiger partial charge in [0, 0.05) is 13.0 Å². The van der Waals surface area contributed by atoms with Gasteiger partial charge in [0.15, 0.2) is 0 Å². The van der Waals surface area contributed by atoms with Crippen molar-refractivity contribution in [3.05, 3.63) is 70.3 Å². The summed E-state index contributed by atoms with van der Waals surface area (Å²) in [4.78, 5) is 12.2. The lowest BCUT2D eigenvalue weighted by atomic mass is 10.00. The first kappa shape index (κ1) is 19.2. The van der Waals surface area contributed by atoms with Gasteiger partial charge in [0.1, 0.15) is 0 Å². The predicted octanol–water partition coefficient (Wildman–Crippen LogP) is 5.18. The van der Waals surface area contributed by atoms with Gasteiger partial charge in [-0.15, -0.1) is 0 Å². The maximum Gasteiger partial charge on any atom is 0.220 e. The molecular formula is C23H31NO. The fourth-order valence-corrected chi connectivity index (χ4v) is 3.02. The fraction of sp³-hybridized carbons (Fsp3) is 0.435. The molecule has 1 N–H and O–H groups in total. The van der Waals surface area contributed by atoms with Crippen LogP contribution in [0.3, 0.4) is 0 Å². The van der Waals surface area contributed by atoms with E-state index < -0.39 is 0 Å². The largest absolute Gasteiger partial charge is 0.352 e. The molecule has 2 heteroatoms. The molecule has 0 aliphatic heterocycles. The molecule has 25 heavy (non-hydrogen) atoms. The highest BCUT2D eigenvalue weighted by molar-refractivity contribution is 5.76. The van der Waals surface area contributed by atoms with E-state index in [1.807, 2.05) is 0 Å². The van der Waals surface area contributed by atoms with Crippen LogP contribution in [0.2, 0.25) is 0 Å². The van der Waals surface area contributed by atoms with Gasteiger partial charge in [0.2, 0.25) is 5.91 Å². The molecule has 0 radical (unpaired) electrons. The summed E-state index contributed by atoms with van der Waals surface area (Å²) in [5, 5.41) is 3.09. The van der Waals surface area contributed by atoms with Crippen LogP contribution in [0.1, 0.15) is 67.9 Å². The molecule has 1 amide bonds. The van der Waals surface area contributed by atoms with Gasteiger partial charge in [-0.05, 0) is 53.0 Å². The van der Waals surface area contributed by atoms with Crippen LogP contribution in [-0.2, 0) is 30.6 Å². The number of rotatable bonds is 8. The molecule has 0 fully saturated rings. The van der Waals surface area contributed by atoms with Crippen molar-refractivity contribution in [1.82, 2.24) is 5.32 Å². The van der Waals surface area contributed by atoms with Crippen LogP contribution >= 0.6 is 0 Å². The van der Waals surface area contributed by atoms with Crippen molar-refractivity contribution in [3.63, 3.8) is 0 Å². The standard InChI is InChI=1S/C23H31NO/c1-5-18-7-11-20(6-2)22(15-18)16-24-23(25)14-10-19-8-12-21(13-9-19)17(3)4/h7-9,11-13,15,17H,5-6,10,14,16H2,1-4H3,(H,24,25). The minimum atomic E-state index is 0.122. The van der Waals surface area contributed by atoms with Crippen molar-refractivity contribution in [2.45, 2.75) is 65.8 Å². The van der Waals surface area contributed by atoms with E-state index in [4.69, 9.17) is 0 Å². The summed E-state index contributed by atoms with van der Waals surface area (Å²) in [5.74, 6) is 0.667. The molecule has 0 aromatic heterocycles. The summed E-state index contributed by atoms with van der Waals surface area (Å²) in [6.45, 7) is 9.34. The van der Waals surface area contributed by atoms with E-state index in [1.165, 1.54) is 27.8 Å². The van der Waals surface area contributed by atoms with Crippen LogP contribution in [-0.4, -0.2) is 5.91 Å². The molecule has 134 valence electrons. The molecule has 2 rings (SSSR count). The number of benzene rings is 2. The number of carbonyl (C=O) groups excluding carboxylic acids is 1. The van der Waals surface area contributed by atoms with Crippen LogP contribution in [0.25, 0.3) is 0 Å². The maximum atomic E-state index is 12.2. The first-order valence-corrected chi connectivity index (χ1v) is 9.49. The third-order valence-corrected chi connectivity index (χ3v) is 4.82. The highest BCUT2D eigenvalue weighted by Gasteiger charge is 2.06. The molecule has 0 atom stereocenters. The van der Waals surface area contributed by atoms with Gasteiger partial charge < -0.3 is 5.32 Å². The Bertz CT molecular complexity index is 686. The van der Waals surface area contributed by atoms with Crippen molar-refractivity contribution in [1.29, 1.82) is 0 Å². The predicted molar refractivity (Wildman–Crippen MR) is 106 cm³/mol. The molecule has 0 unspecified atom stereocenters. The van der Waals surface area contributed by atoms with Gasteiger partial charge in [0.25, 0.3) is 0 Å². The minimum absolute atomic E-state index is 0.122. The molecule has 2 aromatic carbocycles. The molecule has 2 nitrogen and oxygen atoms in total. The lowest BCUT2D eigenvalue weighted by Crippen LogP contribution is -2.23. The highest BCUT2D eigenvalue weighted by atomic mass is 16.1. The maximum absolute atomic E-state index is 12.2. The molecule has 0 bridgehead atoms. The first-order chi connectivity index (χ1) is 12.0. The normalized spacial score (nSPS) is 10.9. The number of nitrogens with one attached hydrogen (secondary N) is 1. The molecule has 0 spiro atoms. The zero-order chi connectivity index (χ0) is 18.2. The average Bonchev–Trinajstić information content (AvgIpc) is 2.64. The van der Waals surface area contributed by atoms with E-state index in [0.717, 1.165) is 19.3 Å². The van der Waals surface area contributed by atoms with E-state index in [1.54, 1.807) is 0 Å². The van der Waals surface area contributed by atoms with Crippen molar-refractivity contribution < 1.29 is 4.79 Å². The van der Waals surface area contributed by atoms with Gasteiger partial charge in [-0.25, -0.2) is 0 Å². The van der Waals surface area contributed by atoms with Crippen LogP contribution in [0, 0.1) is 0 Å². The SMILES string of the molecule is CCc1ccc(CC)c(CNC(=O)CCc2ccc(C(C)C)cc2)c1. The van der Waals surface area contributed by atoms with Crippen LogP contribution in [0.5, 0.6) is 0 Å². The second kappa shape index (κ2) is 9.41. The molecule has 0 heterocycles. The Hall–Kier alpha value is -2.09. The lowest BCUT2D eigenvalue weighted by molar-refractivity contribution is -0.121. The highest BCUT2D eigenvalue weighted by Crippen LogP contribution is 2.16.